The Morgan fingerprint density at radius 3 is 2.74 bits per heavy atom. The number of nitrogens with one attached hydrogen (secondary N) is 1. The van der Waals surface area contributed by atoms with Gasteiger partial charge in [-0.05, 0) is 37.3 Å². The summed E-state index contributed by atoms with van der Waals surface area (Å²) in [6.45, 7) is 1.96. The number of halogens is 1. The van der Waals surface area contributed by atoms with E-state index >= 15 is 0 Å². The van der Waals surface area contributed by atoms with E-state index < -0.39 is 5.82 Å². The van der Waals surface area contributed by atoms with E-state index in [2.05, 4.69) is 10.3 Å². The average Bonchev–Trinajstić information content (AvgIpc) is 2.39. The van der Waals surface area contributed by atoms with Gasteiger partial charge in [-0.3, -0.25) is 4.98 Å². The van der Waals surface area contributed by atoms with Gasteiger partial charge in [-0.2, -0.15) is 0 Å². The summed E-state index contributed by atoms with van der Waals surface area (Å²) >= 11 is 4.76. The van der Waals surface area contributed by atoms with Crippen molar-refractivity contribution in [2.45, 2.75) is 13.0 Å². The van der Waals surface area contributed by atoms with Crippen LogP contribution in [0, 0.1) is 5.82 Å². The highest BCUT2D eigenvalue weighted by Gasteiger charge is 2.09. The highest BCUT2D eigenvalue weighted by molar-refractivity contribution is 7.80. The standard InChI is InChI=1S/C14H14FN3S/c1-9(13-4-2-3-7-17-13)18-10-5-6-11(14(16)19)12(15)8-10/h2-9,18H,1H3,(H2,16,19). The first-order valence-corrected chi connectivity index (χ1v) is 6.25. The SMILES string of the molecule is CC(Nc1ccc(C(N)=S)c(F)c1)c1ccccn1. The van der Waals surface area contributed by atoms with Gasteiger partial charge >= 0.3 is 0 Å². The van der Waals surface area contributed by atoms with Crippen LogP contribution in [0.5, 0.6) is 0 Å². The Morgan fingerprint density at radius 1 is 1.37 bits per heavy atom. The van der Waals surface area contributed by atoms with Crippen molar-refractivity contribution in [2.75, 3.05) is 5.32 Å². The number of benzene rings is 1. The molecule has 98 valence electrons. The maximum absolute atomic E-state index is 13.7. The summed E-state index contributed by atoms with van der Waals surface area (Å²) in [5.74, 6) is -0.425. The maximum atomic E-state index is 13.7. The van der Waals surface area contributed by atoms with Crippen molar-refractivity contribution in [2.24, 2.45) is 5.73 Å². The van der Waals surface area contributed by atoms with Crippen LogP contribution in [0.2, 0.25) is 0 Å². The van der Waals surface area contributed by atoms with Crippen molar-refractivity contribution in [1.82, 2.24) is 4.98 Å². The van der Waals surface area contributed by atoms with E-state index in [1.165, 1.54) is 6.07 Å². The quantitative estimate of drug-likeness (QED) is 0.842. The number of hydrogen-bond donors (Lipinski definition) is 2. The largest absolute Gasteiger partial charge is 0.389 e. The molecule has 3 N–H and O–H groups in total. The van der Waals surface area contributed by atoms with Crippen molar-refractivity contribution in [3.63, 3.8) is 0 Å². The van der Waals surface area contributed by atoms with Crippen LogP contribution >= 0.6 is 12.2 Å². The molecule has 0 radical (unpaired) electrons. The molecule has 1 aromatic heterocycles. The first-order chi connectivity index (χ1) is 9.08. The molecule has 0 aliphatic carbocycles. The number of anilines is 1. The minimum atomic E-state index is -0.425. The molecule has 0 saturated heterocycles. The molecular weight excluding hydrogens is 261 g/mol. The summed E-state index contributed by atoms with van der Waals surface area (Å²) < 4.78 is 13.7. The van der Waals surface area contributed by atoms with Gasteiger partial charge in [0.1, 0.15) is 10.8 Å². The van der Waals surface area contributed by atoms with E-state index in [0.717, 1.165) is 5.69 Å². The lowest BCUT2D eigenvalue weighted by atomic mass is 10.1. The Labute approximate surface area is 116 Å². The fraction of sp³-hybridized carbons (Fsp3) is 0.143. The van der Waals surface area contributed by atoms with Gasteiger partial charge in [-0.15, -0.1) is 0 Å². The summed E-state index contributed by atoms with van der Waals surface area (Å²) in [5.41, 5.74) is 7.23. The van der Waals surface area contributed by atoms with E-state index in [1.54, 1.807) is 18.3 Å². The third-order valence-electron chi connectivity index (χ3n) is 2.75. The van der Waals surface area contributed by atoms with E-state index in [-0.39, 0.29) is 16.6 Å². The Hall–Kier alpha value is -2.01. The maximum Gasteiger partial charge on any atom is 0.135 e. The molecule has 5 heteroatoms. The molecule has 0 saturated carbocycles. The Kier molecular flexibility index (Phi) is 4.06. The number of thiocarbonyl (C=S) groups is 1. The number of pyridine rings is 1. The topological polar surface area (TPSA) is 50.9 Å². The first-order valence-electron chi connectivity index (χ1n) is 5.84. The summed E-state index contributed by atoms with van der Waals surface area (Å²) in [4.78, 5) is 4.30. The van der Waals surface area contributed by atoms with Crippen LogP contribution in [-0.2, 0) is 0 Å². The van der Waals surface area contributed by atoms with Crippen molar-refractivity contribution in [3.8, 4) is 0 Å². The fourth-order valence-corrected chi connectivity index (χ4v) is 1.93. The Balaban J connectivity index is 2.16. The highest BCUT2D eigenvalue weighted by Crippen LogP contribution is 2.20. The zero-order valence-corrected chi connectivity index (χ0v) is 11.2. The summed E-state index contributed by atoms with van der Waals surface area (Å²) in [6, 6.07) is 10.4. The predicted molar refractivity (Wildman–Crippen MR) is 78.6 cm³/mol. The van der Waals surface area contributed by atoms with Crippen molar-refractivity contribution >= 4 is 22.9 Å². The molecule has 1 atom stereocenters. The van der Waals surface area contributed by atoms with Gasteiger partial charge < -0.3 is 11.1 Å². The molecule has 1 aromatic carbocycles. The molecule has 1 unspecified atom stereocenters. The van der Waals surface area contributed by atoms with Gasteiger partial charge in [0.25, 0.3) is 0 Å². The second kappa shape index (κ2) is 5.75. The minimum absolute atomic E-state index is 0.0173. The van der Waals surface area contributed by atoms with Gasteiger partial charge in [0.15, 0.2) is 0 Å². The van der Waals surface area contributed by atoms with Crippen molar-refractivity contribution in [3.05, 3.63) is 59.7 Å². The number of nitrogens with two attached hydrogens (primary N) is 1. The number of hydrogen-bond acceptors (Lipinski definition) is 3. The molecule has 0 bridgehead atoms. The monoisotopic (exact) mass is 275 g/mol. The molecule has 19 heavy (non-hydrogen) atoms. The lowest BCUT2D eigenvalue weighted by Gasteiger charge is -2.15. The van der Waals surface area contributed by atoms with E-state index in [0.29, 0.717) is 5.69 Å². The molecular formula is C14H14FN3S. The first kappa shape index (κ1) is 13.4. The van der Waals surface area contributed by atoms with E-state index in [1.807, 2.05) is 25.1 Å². The Morgan fingerprint density at radius 2 is 2.16 bits per heavy atom. The molecule has 0 fully saturated rings. The molecule has 0 amide bonds. The molecule has 1 heterocycles. The molecule has 0 aliphatic rings. The zero-order valence-electron chi connectivity index (χ0n) is 10.4. The van der Waals surface area contributed by atoms with Crippen LogP contribution in [0.25, 0.3) is 0 Å². The highest BCUT2D eigenvalue weighted by atomic mass is 32.1. The number of rotatable bonds is 4. The van der Waals surface area contributed by atoms with Crippen LogP contribution in [-0.4, -0.2) is 9.97 Å². The minimum Gasteiger partial charge on any atom is -0.389 e. The third kappa shape index (κ3) is 3.26. The molecule has 0 aliphatic heterocycles. The van der Waals surface area contributed by atoms with Crippen molar-refractivity contribution in [1.29, 1.82) is 0 Å². The molecule has 2 rings (SSSR count). The third-order valence-corrected chi connectivity index (χ3v) is 2.97. The van der Waals surface area contributed by atoms with E-state index in [9.17, 15) is 4.39 Å². The van der Waals surface area contributed by atoms with Crippen LogP contribution < -0.4 is 11.1 Å². The van der Waals surface area contributed by atoms with Gasteiger partial charge in [-0.25, -0.2) is 4.39 Å². The van der Waals surface area contributed by atoms with Crippen LogP contribution in [0.1, 0.15) is 24.2 Å². The summed E-state index contributed by atoms with van der Waals surface area (Å²) in [7, 11) is 0. The Bertz CT molecular complexity index is 586. The molecule has 0 spiro atoms. The fourth-order valence-electron chi connectivity index (χ4n) is 1.76. The molecule has 2 aromatic rings. The number of aromatic nitrogens is 1. The van der Waals surface area contributed by atoms with Gasteiger partial charge in [0, 0.05) is 17.4 Å². The van der Waals surface area contributed by atoms with Crippen molar-refractivity contribution < 1.29 is 4.39 Å². The predicted octanol–water partition coefficient (Wildman–Crippen LogP) is 3.03. The lowest BCUT2D eigenvalue weighted by Crippen LogP contribution is -2.13. The van der Waals surface area contributed by atoms with Gasteiger partial charge in [-0.1, -0.05) is 18.3 Å². The lowest BCUT2D eigenvalue weighted by molar-refractivity contribution is 0.625. The van der Waals surface area contributed by atoms with E-state index in [4.69, 9.17) is 18.0 Å². The summed E-state index contributed by atoms with van der Waals surface area (Å²) in [6.07, 6.45) is 1.73. The van der Waals surface area contributed by atoms with Crippen LogP contribution in [0.3, 0.4) is 0 Å². The van der Waals surface area contributed by atoms with Crippen LogP contribution in [0.15, 0.2) is 42.6 Å². The zero-order chi connectivity index (χ0) is 13.8. The second-order valence-electron chi connectivity index (χ2n) is 4.18. The normalized spacial score (nSPS) is 11.9. The van der Waals surface area contributed by atoms with Gasteiger partial charge in [0.05, 0.1) is 11.7 Å². The van der Waals surface area contributed by atoms with Crippen LogP contribution in [0.4, 0.5) is 10.1 Å². The average molecular weight is 275 g/mol. The second-order valence-corrected chi connectivity index (χ2v) is 4.62. The summed E-state index contributed by atoms with van der Waals surface area (Å²) in [5, 5.41) is 3.18. The van der Waals surface area contributed by atoms with Gasteiger partial charge in [0.2, 0.25) is 0 Å². The molecule has 3 nitrogen and oxygen atoms in total. The smallest absolute Gasteiger partial charge is 0.135 e. The number of nitrogens with zero attached hydrogens (tertiary/aromatic N) is 1.